The lowest BCUT2D eigenvalue weighted by Crippen LogP contribution is -2.51. The highest BCUT2D eigenvalue weighted by molar-refractivity contribution is 5.91. The van der Waals surface area contributed by atoms with Crippen LogP contribution in [0.25, 0.3) is 5.82 Å². The van der Waals surface area contributed by atoms with Crippen molar-refractivity contribution in [1.82, 2.24) is 25.4 Å². The second kappa shape index (κ2) is 7.91. The van der Waals surface area contributed by atoms with Gasteiger partial charge in [0.1, 0.15) is 0 Å². The van der Waals surface area contributed by atoms with Crippen molar-refractivity contribution < 1.29 is 9.59 Å². The maximum Gasteiger partial charge on any atom is 0.319 e. The topological polar surface area (TPSA) is 101 Å². The van der Waals surface area contributed by atoms with Gasteiger partial charge in [0.05, 0.1) is 17.8 Å². The van der Waals surface area contributed by atoms with E-state index >= 15 is 0 Å². The number of aromatic nitrogens is 3. The average molecular weight is 376 g/mol. The number of nitrogens with one attached hydrogen (secondary N) is 3. The fourth-order valence-electron chi connectivity index (χ4n) is 3.33. The molecule has 28 heavy (non-hydrogen) atoms. The number of carbonyl (C=O) groups excluding carboxylic acids is 2. The Labute approximate surface area is 162 Å². The molecule has 3 heterocycles. The lowest BCUT2D eigenvalue weighted by atomic mass is 9.92. The number of urea groups is 1. The Hall–Kier alpha value is -3.68. The number of piperidine rings is 1. The summed E-state index contributed by atoms with van der Waals surface area (Å²) in [5, 5.41) is 13.0. The first-order chi connectivity index (χ1) is 13.7. The summed E-state index contributed by atoms with van der Waals surface area (Å²) >= 11 is 0. The molecule has 1 fully saturated rings. The molecular weight excluding hydrogens is 356 g/mol. The second-order valence-electron chi connectivity index (χ2n) is 6.52. The van der Waals surface area contributed by atoms with Crippen molar-refractivity contribution in [3.05, 3.63) is 72.7 Å². The van der Waals surface area contributed by atoms with Gasteiger partial charge in [-0.1, -0.05) is 30.3 Å². The lowest BCUT2D eigenvalue weighted by molar-refractivity contribution is -0.123. The van der Waals surface area contributed by atoms with Gasteiger partial charge in [-0.25, -0.2) is 14.5 Å². The third-order valence-corrected chi connectivity index (χ3v) is 4.63. The average Bonchev–Trinajstić information content (AvgIpc) is 3.25. The second-order valence-corrected chi connectivity index (χ2v) is 6.52. The molecule has 4 rings (SSSR count). The molecule has 2 aromatic heterocycles. The maximum absolute atomic E-state index is 12.7. The van der Waals surface area contributed by atoms with Gasteiger partial charge < -0.3 is 16.0 Å². The van der Waals surface area contributed by atoms with E-state index in [4.69, 9.17) is 0 Å². The summed E-state index contributed by atoms with van der Waals surface area (Å²) in [7, 11) is 0. The molecule has 0 saturated carbocycles. The number of nitrogens with zero attached hydrogens (tertiary/aromatic N) is 3. The van der Waals surface area contributed by atoms with E-state index in [1.165, 1.54) is 0 Å². The van der Waals surface area contributed by atoms with Crippen LogP contribution >= 0.6 is 0 Å². The van der Waals surface area contributed by atoms with Crippen molar-refractivity contribution in [2.45, 2.75) is 24.9 Å². The fraction of sp³-hybridized carbons (Fsp3) is 0.200. The third kappa shape index (κ3) is 3.85. The van der Waals surface area contributed by atoms with E-state index in [2.05, 4.69) is 26.0 Å². The first kappa shape index (κ1) is 17.7. The molecule has 3 aromatic rings. The minimum absolute atomic E-state index is 0.0134. The Balaban J connectivity index is 1.50. The van der Waals surface area contributed by atoms with Crippen molar-refractivity contribution in [3.8, 4) is 5.82 Å². The van der Waals surface area contributed by atoms with Crippen LogP contribution < -0.4 is 16.0 Å². The number of pyridine rings is 1. The van der Waals surface area contributed by atoms with Crippen molar-refractivity contribution in [1.29, 1.82) is 0 Å². The van der Waals surface area contributed by atoms with Gasteiger partial charge in [0.25, 0.3) is 0 Å². The Bertz CT molecular complexity index is 958. The van der Waals surface area contributed by atoms with Crippen LogP contribution in [0.1, 0.15) is 24.4 Å². The third-order valence-electron chi connectivity index (χ3n) is 4.63. The largest absolute Gasteiger partial charge is 0.347 e. The summed E-state index contributed by atoms with van der Waals surface area (Å²) < 4.78 is 1.59. The van der Waals surface area contributed by atoms with Crippen LogP contribution in [0, 0.1) is 0 Å². The molecule has 0 radical (unpaired) electrons. The predicted octanol–water partition coefficient (Wildman–Crippen LogP) is 2.41. The van der Waals surface area contributed by atoms with E-state index in [1.54, 1.807) is 41.5 Å². The fourth-order valence-corrected chi connectivity index (χ4v) is 3.33. The normalized spacial score (nSPS) is 18.9. The molecule has 0 unspecified atom stereocenters. The Morgan fingerprint density at radius 2 is 1.96 bits per heavy atom. The van der Waals surface area contributed by atoms with E-state index in [0.29, 0.717) is 24.3 Å². The van der Waals surface area contributed by atoms with Crippen LogP contribution in [-0.2, 0) is 4.79 Å². The smallest absolute Gasteiger partial charge is 0.319 e. The van der Waals surface area contributed by atoms with Crippen LogP contribution in [0.15, 0.2) is 67.1 Å². The van der Waals surface area contributed by atoms with Gasteiger partial charge >= 0.3 is 6.03 Å². The Kier molecular flexibility index (Phi) is 5.01. The molecule has 8 heteroatoms. The highest BCUT2D eigenvalue weighted by Gasteiger charge is 2.31. The van der Waals surface area contributed by atoms with E-state index in [1.807, 2.05) is 30.3 Å². The van der Waals surface area contributed by atoms with Crippen LogP contribution in [0.3, 0.4) is 0 Å². The minimum atomic E-state index is -0.358. The van der Waals surface area contributed by atoms with Crippen LogP contribution in [-0.4, -0.2) is 32.7 Å². The minimum Gasteiger partial charge on any atom is -0.347 e. The highest BCUT2D eigenvalue weighted by Crippen LogP contribution is 2.24. The number of hydrogen-bond donors (Lipinski definition) is 3. The van der Waals surface area contributed by atoms with E-state index < -0.39 is 0 Å². The van der Waals surface area contributed by atoms with Crippen LogP contribution in [0.4, 0.5) is 10.5 Å². The summed E-state index contributed by atoms with van der Waals surface area (Å²) in [6.07, 6.45) is 5.99. The summed E-state index contributed by atoms with van der Waals surface area (Å²) in [6.45, 7) is 0. The first-order valence-corrected chi connectivity index (χ1v) is 9.07. The van der Waals surface area contributed by atoms with Crippen molar-refractivity contribution in [2.75, 3.05) is 5.32 Å². The lowest BCUT2D eigenvalue weighted by Gasteiger charge is -2.33. The molecule has 1 aliphatic heterocycles. The number of rotatable bonds is 4. The molecule has 1 aromatic carbocycles. The molecule has 8 nitrogen and oxygen atoms in total. The number of amides is 3. The number of carbonyl (C=O) groups is 2. The summed E-state index contributed by atoms with van der Waals surface area (Å²) in [5.41, 5.74) is 1.50. The van der Waals surface area contributed by atoms with Gasteiger partial charge in [0.15, 0.2) is 5.82 Å². The van der Waals surface area contributed by atoms with E-state index in [-0.39, 0.29) is 24.0 Å². The monoisotopic (exact) mass is 376 g/mol. The van der Waals surface area contributed by atoms with Crippen molar-refractivity contribution in [2.24, 2.45) is 0 Å². The number of benzene rings is 1. The molecular formula is C20H20N6O2. The molecule has 3 amide bonds. The summed E-state index contributed by atoms with van der Waals surface area (Å²) in [5.74, 6) is 0.514. The molecule has 0 bridgehead atoms. The number of hydrogen-bond acceptors (Lipinski definition) is 4. The van der Waals surface area contributed by atoms with Gasteiger partial charge in [-0.05, 0) is 30.2 Å². The van der Waals surface area contributed by atoms with Crippen molar-refractivity contribution in [3.63, 3.8) is 0 Å². The van der Waals surface area contributed by atoms with Gasteiger partial charge in [0.2, 0.25) is 5.91 Å². The summed E-state index contributed by atoms with van der Waals surface area (Å²) in [4.78, 5) is 28.9. The van der Waals surface area contributed by atoms with Gasteiger partial charge in [-0.3, -0.25) is 4.79 Å². The molecule has 1 saturated heterocycles. The summed E-state index contributed by atoms with van der Waals surface area (Å²) in [6, 6.07) is 14.1. The van der Waals surface area contributed by atoms with Gasteiger partial charge in [-0.2, -0.15) is 5.10 Å². The molecule has 1 aliphatic rings. The zero-order valence-electron chi connectivity index (χ0n) is 15.1. The zero-order chi connectivity index (χ0) is 19.3. The van der Waals surface area contributed by atoms with Crippen LogP contribution in [0.5, 0.6) is 0 Å². The van der Waals surface area contributed by atoms with E-state index in [9.17, 15) is 9.59 Å². The first-order valence-electron chi connectivity index (χ1n) is 9.07. The quantitative estimate of drug-likeness (QED) is 0.651. The number of anilines is 1. The van der Waals surface area contributed by atoms with Gasteiger partial charge in [0, 0.05) is 25.0 Å². The Morgan fingerprint density at radius 1 is 1.11 bits per heavy atom. The van der Waals surface area contributed by atoms with Crippen molar-refractivity contribution >= 4 is 17.6 Å². The standard InChI is InChI=1S/C20H20N6O2/c27-17-10-9-15(18(25-17)14-6-2-1-3-7-14)23-20(28)24-16-8-4-11-21-19(16)26-13-5-12-22-26/h1-8,11-13,15,18H,9-10H2,(H,25,27)(H2,23,24,28)/t15-,18+/m1/s1. The highest BCUT2D eigenvalue weighted by atomic mass is 16.2. The SMILES string of the molecule is O=C1CC[C@@H](NC(=O)Nc2cccnc2-n2cccn2)[C@H](c2ccccc2)N1. The van der Waals surface area contributed by atoms with Gasteiger partial charge in [-0.15, -0.1) is 0 Å². The molecule has 0 aliphatic carbocycles. The molecule has 2 atom stereocenters. The molecule has 0 spiro atoms. The zero-order valence-corrected chi connectivity index (χ0v) is 15.1. The Morgan fingerprint density at radius 3 is 2.75 bits per heavy atom. The van der Waals surface area contributed by atoms with E-state index in [0.717, 1.165) is 5.56 Å². The maximum atomic E-state index is 12.7. The molecule has 3 N–H and O–H groups in total. The van der Waals surface area contributed by atoms with Crippen LogP contribution in [0.2, 0.25) is 0 Å². The molecule has 142 valence electrons. The predicted molar refractivity (Wildman–Crippen MR) is 104 cm³/mol.